The molecule has 1 aliphatic rings. The van der Waals surface area contributed by atoms with Gasteiger partial charge in [0.2, 0.25) is 0 Å². The standard InChI is InChI=1S/C5H10N2O2.Li.H/c6-5(8)7-1-3-9-4-2-7;;/h1-4H2,(H2,6,8);;. The molecule has 0 aromatic carbocycles. The number of primary amides is 1. The Balaban J connectivity index is 0.000000810. The number of ether oxygens (including phenoxy) is 1. The minimum absolute atomic E-state index is 0. The van der Waals surface area contributed by atoms with Crippen LogP contribution in [0.25, 0.3) is 0 Å². The van der Waals surface area contributed by atoms with E-state index in [-0.39, 0.29) is 24.9 Å². The van der Waals surface area contributed by atoms with Gasteiger partial charge in [0.05, 0.1) is 13.2 Å². The van der Waals surface area contributed by atoms with Crippen LogP contribution >= 0.6 is 0 Å². The van der Waals surface area contributed by atoms with E-state index in [1.54, 1.807) is 4.90 Å². The number of morpholine rings is 1. The summed E-state index contributed by atoms with van der Waals surface area (Å²) in [6, 6.07) is -0.349. The van der Waals surface area contributed by atoms with E-state index in [0.29, 0.717) is 26.3 Å². The first-order valence-electron chi connectivity index (χ1n) is 2.93. The molecule has 0 saturated carbocycles. The Kier molecular flexibility index (Phi) is 4.53. The van der Waals surface area contributed by atoms with Crippen molar-refractivity contribution in [1.82, 2.24) is 4.90 Å². The van der Waals surface area contributed by atoms with Crippen LogP contribution in [-0.2, 0) is 4.74 Å². The topological polar surface area (TPSA) is 55.6 Å². The Hall–Kier alpha value is -0.173. The Morgan fingerprint density at radius 2 is 1.90 bits per heavy atom. The fraction of sp³-hybridized carbons (Fsp3) is 0.800. The number of amides is 2. The summed E-state index contributed by atoms with van der Waals surface area (Å²) in [5.74, 6) is 0. The molecule has 0 atom stereocenters. The third-order valence-electron chi connectivity index (χ3n) is 1.32. The molecule has 0 aromatic heterocycles. The van der Waals surface area contributed by atoms with Crippen LogP contribution < -0.4 is 5.73 Å². The molecule has 10 heavy (non-hydrogen) atoms. The molecule has 5 heteroatoms. The molecule has 0 aromatic rings. The number of nitrogens with zero attached hydrogens (tertiary/aromatic N) is 1. The summed E-state index contributed by atoms with van der Waals surface area (Å²) in [4.78, 5) is 12.0. The SMILES string of the molecule is NC(=O)N1CCOCC1.[LiH]. The number of rotatable bonds is 0. The van der Waals surface area contributed by atoms with E-state index in [0.717, 1.165) is 0 Å². The molecule has 2 amide bonds. The molecular weight excluding hydrogens is 127 g/mol. The van der Waals surface area contributed by atoms with Crippen LogP contribution in [-0.4, -0.2) is 56.1 Å². The molecule has 1 saturated heterocycles. The van der Waals surface area contributed by atoms with Crippen LogP contribution in [0.3, 0.4) is 0 Å². The summed E-state index contributed by atoms with van der Waals surface area (Å²) < 4.78 is 5.00. The summed E-state index contributed by atoms with van der Waals surface area (Å²) in [5.41, 5.74) is 5.00. The molecule has 0 aliphatic carbocycles. The predicted octanol–water partition coefficient (Wildman–Crippen LogP) is -1.25. The Labute approximate surface area is 71.9 Å². The zero-order valence-corrected chi connectivity index (χ0v) is 5.17. The van der Waals surface area contributed by atoms with E-state index in [9.17, 15) is 4.79 Å². The van der Waals surface area contributed by atoms with Gasteiger partial charge < -0.3 is 15.4 Å². The van der Waals surface area contributed by atoms with E-state index in [1.807, 2.05) is 0 Å². The second kappa shape index (κ2) is 4.61. The second-order valence-electron chi connectivity index (χ2n) is 1.94. The van der Waals surface area contributed by atoms with Gasteiger partial charge in [-0.2, -0.15) is 0 Å². The zero-order chi connectivity index (χ0) is 6.69. The van der Waals surface area contributed by atoms with Crippen LogP contribution in [0.4, 0.5) is 4.79 Å². The molecule has 0 spiro atoms. The van der Waals surface area contributed by atoms with Gasteiger partial charge in [-0.05, 0) is 0 Å². The van der Waals surface area contributed by atoms with Gasteiger partial charge in [0.25, 0.3) is 0 Å². The van der Waals surface area contributed by atoms with Crippen LogP contribution in [0.2, 0.25) is 0 Å². The summed E-state index contributed by atoms with van der Waals surface area (Å²) in [6.07, 6.45) is 0. The predicted molar refractivity (Wildman–Crippen MR) is 39.1 cm³/mol. The molecule has 0 radical (unpaired) electrons. The van der Waals surface area contributed by atoms with Crippen molar-refractivity contribution < 1.29 is 9.53 Å². The first kappa shape index (κ1) is 9.83. The van der Waals surface area contributed by atoms with Crippen molar-refractivity contribution in [3.8, 4) is 0 Å². The number of carbonyl (C=O) groups excluding carboxylic acids is 1. The van der Waals surface area contributed by atoms with Crippen molar-refractivity contribution in [2.75, 3.05) is 26.3 Å². The van der Waals surface area contributed by atoms with Crippen molar-refractivity contribution in [3.63, 3.8) is 0 Å². The first-order valence-corrected chi connectivity index (χ1v) is 2.93. The molecule has 4 nitrogen and oxygen atoms in total. The Morgan fingerprint density at radius 1 is 1.40 bits per heavy atom. The number of carbonyl (C=O) groups is 1. The Bertz CT molecular complexity index is 114. The first-order chi connectivity index (χ1) is 4.30. The molecule has 1 heterocycles. The van der Waals surface area contributed by atoms with Gasteiger partial charge in [-0.25, -0.2) is 4.79 Å². The van der Waals surface area contributed by atoms with Crippen molar-refractivity contribution >= 4 is 24.9 Å². The van der Waals surface area contributed by atoms with E-state index in [1.165, 1.54) is 0 Å². The van der Waals surface area contributed by atoms with Crippen molar-refractivity contribution in [3.05, 3.63) is 0 Å². The van der Waals surface area contributed by atoms with Gasteiger partial charge in [0.15, 0.2) is 0 Å². The van der Waals surface area contributed by atoms with Crippen molar-refractivity contribution in [1.29, 1.82) is 0 Å². The molecule has 2 N–H and O–H groups in total. The third-order valence-corrected chi connectivity index (χ3v) is 1.32. The third kappa shape index (κ3) is 2.61. The maximum absolute atomic E-state index is 10.4. The van der Waals surface area contributed by atoms with Crippen LogP contribution in [0.5, 0.6) is 0 Å². The second-order valence-corrected chi connectivity index (χ2v) is 1.94. The molecule has 0 unspecified atom stereocenters. The van der Waals surface area contributed by atoms with Gasteiger partial charge in [0, 0.05) is 13.1 Å². The molecule has 0 bridgehead atoms. The summed E-state index contributed by atoms with van der Waals surface area (Å²) in [6.45, 7) is 2.50. The molecule has 54 valence electrons. The van der Waals surface area contributed by atoms with E-state index in [4.69, 9.17) is 10.5 Å². The quantitative estimate of drug-likeness (QED) is 0.425. The summed E-state index contributed by atoms with van der Waals surface area (Å²) >= 11 is 0. The van der Waals surface area contributed by atoms with Crippen LogP contribution in [0, 0.1) is 0 Å². The van der Waals surface area contributed by atoms with Crippen LogP contribution in [0.15, 0.2) is 0 Å². The summed E-state index contributed by atoms with van der Waals surface area (Å²) in [5, 5.41) is 0. The van der Waals surface area contributed by atoms with Crippen molar-refractivity contribution in [2.45, 2.75) is 0 Å². The average molecular weight is 138 g/mol. The minimum atomic E-state index is -0.349. The molecule has 1 fully saturated rings. The summed E-state index contributed by atoms with van der Waals surface area (Å²) in [7, 11) is 0. The van der Waals surface area contributed by atoms with Crippen LogP contribution in [0.1, 0.15) is 0 Å². The number of hydrogen-bond donors (Lipinski definition) is 1. The average Bonchev–Trinajstić information content (AvgIpc) is 1.90. The molecular formula is C5H11LiN2O2. The van der Waals surface area contributed by atoms with E-state index < -0.39 is 0 Å². The van der Waals surface area contributed by atoms with Gasteiger partial charge in [-0.1, -0.05) is 0 Å². The fourth-order valence-corrected chi connectivity index (χ4v) is 0.784. The molecule has 1 aliphatic heterocycles. The zero-order valence-electron chi connectivity index (χ0n) is 5.17. The molecule has 1 rings (SSSR count). The van der Waals surface area contributed by atoms with Gasteiger partial charge in [-0.3, -0.25) is 0 Å². The monoisotopic (exact) mass is 138 g/mol. The number of hydrogen-bond acceptors (Lipinski definition) is 2. The van der Waals surface area contributed by atoms with Gasteiger partial charge in [0.1, 0.15) is 0 Å². The maximum atomic E-state index is 10.4. The van der Waals surface area contributed by atoms with Gasteiger partial charge >= 0.3 is 24.9 Å². The normalized spacial score (nSPS) is 17.8. The van der Waals surface area contributed by atoms with E-state index >= 15 is 0 Å². The number of nitrogens with two attached hydrogens (primary N) is 1. The fourth-order valence-electron chi connectivity index (χ4n) is 0.784. The Morgan fingerprint density at radius 3 is 2.20 bits per heavy atom. The van der Waals surface area contributed by atoms with E-state index in [2.05, 4.69) is 0 Å². The number of urea groups is 1. The van der Waals surface area contributed by atoms with Crippen molar-refractivity contribution in [2.24, 2.45) is 5.73 Å². The van der Waals surface area contributed by atoms with Gasteiger partial charge in [-0.15, -0.1) is 0 Å².